The molecule has 0 fully saturated rings. The average molecular weight is 317 g/mol. The molecule has 0 amide bonds. The van der Waals surface area contributed by atoms with Crippen LogP contribution in [0.25, 0.3) is 0 Å². The number of hydrogen-bond donors (Lipinski definition) is 0. The normalized spacial score (nSPS) is 21.5. The zero-order valence-electron chi connectivity index (χ0n) is 15.6. The Kier molecular flexibility index (Phi) is 2.58. The first kappa shape index (κ1) is 14.6. The molecule has 124 valence electrons. The third kappa shape index (κ3) is 1.52. The molecule has 0 radical (unpaired) electrons. The molecular weight excluding hydrogens is 290 g/mol. The predicted octanol–water partition coefficient (Wildman–Crippen LogP) is 5.55. The van der Waals surface area contributed by atoms with Crippen molar-refractivity contribution in [3.63, 3.8) is 0 Å². The van der Waals surface area contributed by atoms with Gasteiger partial charge in [-0.15, -0.1) is 0 Å². The van der Waals surface area contributed by atoms with Crippen LogP contribution in [0.3, 0.4) is 0 Å². The molecule has 1 nitrogen and oxygen atoms in total. The number of benzene rings is 2. The molecular formula is C23H27N. The minimum absolute atomic E-state index is 0.281. The van der Waals surface area contributed by atoms with Gasteiger partial charge >= 0.3 is 0 Å². The summed E-state index contributed by atoms with van der Waals surface area (Å²) in [5.74, 6) is 0. The van der Waals surface area contributed by atoms with Gasteiger partial charge in [0.15, 0.2) is 0 Å². The highest BCUT2D eigenvalue weighted by atomic mass is 15.2. The van der Waals surface area contributed by atoms with Crippen molar-refractivity contribution in [2.24, 2.45) is 0 Å². The SMILES string of the molecule is Cc1ccc2c(c1)Cc1cc3c(c4c1N2CCC4)C(C)(C)C3(C)C. The highest BCUT2D eigenvalue weighted by Gasteiger charge is 2.53. The van der Waals surface area contributed by atoms with Gasteiger partial charge in [-0.3, -0.25) is 0 Å². The van der Waals surface area contributed by atoms with Gasteiger partial charge in [0.25, 0.3) is 0 Å². The first-order chi connectivity index (χ1) is 11.3. The van der Waals surface area contributed by atoms with E-state index >= 15 is 0 Å². The van der Waals surface area contributed by atoms with Gasteiger partial charge < -0.3 is 4.90 Å². The Morgan fingerprint density at radius 1 is 0.958 bits per heavy atom. The van der Waals surface area contributed by atoms with Crippen LogP contribution in [0, 0.1) is 6.92 Å². The first-order valence-corrected chi connectivity index (χ1v) is 9.39. The standard InChI is InChI=1S/C23H27N/c1-14-8-9-19-15(11-14)12-16-13-18-20(23(4,5)22(18,2)3)17-7-6-10-24(19)21(16)17/h8-9,11,13H,6-7,10,12H2,1-5H3. The fraction of sp³-hybridized carbons (Fsp3) is 0.478. The van der Waals surface area contributed by atoms with Gasteiger partial charge in [0, 0.05) is 24.3 Å². The van der Waals surface area contributed by atoms with Crippen molar-refractivity contribution in [3.05, 3.63) is 57.6 Å². The number of hydrogen-bond acceptors (Lipinski definition) is 1. The van der Waals surface area contributed by atoms with E-state index in [4.69, 9.17) is 0 Å². The second-order valence-corrected chi connectivity index (χ2v) is 9.10. The maximum Gasteiger partial charge on any atom is 0.0482 e. The van der Waals surface area contributed by atoms with Gasteiger partial charge in [-0.2, -0.15) is 0 Å². The van der Waals surface area contributed by atoms with Gasteiger partial charge in [-0.25, -0.2) is 0 Å². The molecule has 2 aromatic rings. The van der Waals surface area contributed by atoms with Gasteiger partial charge in [0.2, 0.25) is 0 Å². The Labute approximate surface area is 145 Å². The first-order valence-electron chi connectivity index (χ1n) is 9.39. The minimum Gasteiger partial charge on any atom is -0.341 e. The van der Waals surface area contributed by atoms with Crippen LogP contribution in [-0.2, 0) is 23.7 Å². The van der Waals surface area contributed by atoms with E-state index in [1.165, 1.54) is 36.2 Å². The van der Waals surface area contributed by atoms with E-state index in [1.54, 1.807) is 27.9 Å². The molecule has 3 aliphatic rings. The van der Waals surface area contributed by atoms with E-state index in [-0.39, 0.29) is 10.8 Å². The molecule has 2 heterocycles. The van der Waals surface area contributed by atoms with Crippen LogP contribution >= 0.6 is 0 Å². The largest absolute Gasteiger partial charge is 0.341 e. The molecule has 1 heteroatoms. The summed E-state index contributed by atoms with van der Waals surface area (Å²) < 4.78 is 0. The minimum atomic E-state index is 0.281. The molecule has 0 bridgehead atoms. The van der Waals surface area contributed by atoms with Gasteiger partial charge in [0.05, 0.1) is 0 Å². The van der Waals surface area contributed by atoms with Crippen LogP contribution in [0.5, 0.6) is 0 Å². The highest BCUT2D eigenvalue weighted by Crippen LogP contribution is 2.60. The lowest BCUT2D eigenvalue weighted by Crippen LogP contribution is -2.52. The Hall–Kier alpha value is -1.76. The van der Waals surface area contributed by atoms with Crippen molar-refractivity contribution in [2.45, 2.75) is 64.7 Å². The predicted molar refractivity (Wildman–Crippen MR) is 102 cm³/mol. The third-order valence-electron chi connectivity index (χ3n) is 7.33. The average Bonchev–Trinajstić information content (AvgIpc) is 2.54. The van der Waals surface area contributed by atoms with E-state index in [0.717, 1.165) is 6.42 Å². The van der Waals surface area contributed by atoms with Crippen molar-refractivity contribution in [1.82, 2.24) is 0 Å². The van der Waals surface area contributed by atoms with E-state index in [1.807, 2.05) is 0 Å². The van der Waals surface area contributed by atoms with Crippen molar-refractivity contribution in [2.75, 3.05) is 11.4 Å². The Morgan fingerprint density at radius 2 is 1.75 bits per heavy atom. The maximum absolute atomic E-state index is 2.62. The molecule has 2 aliphatic heterocycles. The van der Waals surface area contributed by atoms with E-state index in [0.29, 0.717) is 0 Å². The zero-order chi connectivity index (χ0) is 16.9. The second kappa shape index (κ2) is 4.25. The van der Waals surface area contributed by atoms with Crippen molar-refractivity contribution in [3.8, 4) is 0 Å². The summed E-state index contributed by atoms with van der Waals surface area (Å²) in [5.41, 5.74) is 12.9. The smallest absolute Gasteiger partial charge is 0.0482 e. The van der Waals surface area contributed by atoms with Crippen LogP contribution in [0.2, 0.25) is 0 Å². The Bertz CT molecular complexity index is 885. The summed E-state index contributed by atoms with van der Waals surface area (Å²) in [6.45, 7) is 13.1. The van der Waals surface area contributed by atoms with Crippen molar-refractivity contribution < 1.29 is 0 Å². The van der Waals surface area contributed by atoms with E-state index in [9.17, 15) is 0 Å². The number of nitrogens with zero attached hydrogens (tertiary/aromatic N) is 1. The monoisotopic (exact) mass is 317 g/mol. The summed E-state index contributed by atoms with van der Waals surface area (Å²) in [6.07, 6.45) is 3.62. The molecule has 0 aromatic heterocycles. The molecule has 0 spiro atoms. The van der Waals surface area contributed by atoms with Crippen molar-refractivity contribution >= 4 is 11.4 Å². The van der Waals surface area contributed by atoms with Crippen LogP contribution < -0.4 is 4.90 Å². The molecule has 24 heavy (non-hydrogen) atoms. The number of anilines is 2. The number of aryl methyl sites for hydroxylation is 1. The molecule has 0 atom stereocenters. The molecule has 0 N–H and O–H groups in total. The number of fused-ring (bicyclic) bond motifs is 4. The topological polar surface area (TPSA) is 3.24 Å². The second-order valence-electron chi connectivity index (χ2n) is 9.10. The summed E-state index contributed by atoms with van der Waals surface area (Å²) in [5, 5.41) is 0. The summed E-state index contributed by atoms with van der Waals surface area (Å²) >= 11 is 0. The van der Waals surface area contributed by atoms with E-state index < -0.39 is 0 Å². The lowest BCUT2D eigenvalue weighted by Gasteiger charge is -2.57. The van der Waals surface area contributed by atoms with Crippen LogP contribution in [0.1, 0.15) is 67.5 Å². The van der Waals surface area contributed by atoms with Crippen molar-refractivity contribution in [1.29, 1.82) is 0 Å². The molecule has 0 saturated heterocycles. The lowest BCUT2D eigenvalue weighted by molar-refractivity contribution is 0.239. The maximum atomic E-state index is 2.62. The lowest BCUT2D eigenvalue weighted by atomic mass is 9.48. The molecule has 5 rings (SSSR count). The van der Waals surface area contributed by atoms with Gasteiger partial charge in [-0.05, 0) is 64.5 Å². The Morgan fingerprint density at radius 3 is 2.54 bits per heavy atom. The third-order valence-corrected chi connectivity index (χ3v) is 7.33. The van der Waals surface area contributed by atoms with Gasteiger partial charge in [-0.1, -0.05) is 51.5 Å². The summed E-state index contributed by atoms with van der Waals surface area (Å²) in [6, 6.07) is 9.55. The van der Waals surface area contributed by atoms with E-state index in [2.05, 4.69) is 63.8 Å². The van der Waals surface area contributed by atoms with Crippen LogP contribution in [0.4, 0.5) is 11.4 Å². The summed E-state index contributed by atoms with van der Waals surface area (Å²) in [4.78, 5) is 2.62. The fourth-order valence-corrected chi connectivity index (χ4v) is 5.39. The Balaban J connectivity index is 1.79. The summed E-state index contributed by atoms with van der Waals surface area (Å²) in [7, 11) is 0. The van der Waals surface area contributed by atoms with Crippen LogP contribution in [-0.4, -0.2) is 6.54 Å². The quantitative estimate of drug-likeness (QED) is 0.615. The van der Waals surface area contributed by atoms with Gasteiger partial charge in [0.1, 0.15) is 0 Å². The molecule has 0 unspecified atom stereocenters. The highest BCUT2D eigenvalue weighted by molar-refractivity contribution is 5.81. The molecule has 0 saturated carbocycles. The molecule has 1 aliphatic carbocycles. The molecule has 2 aromatic carbocycles. The zero-order valence-corrected chi connectivity index (χ0v) is 15.6. The number of rotatable bonds is 0. The van der Waals surface area contributed by atoms with Crippen LogP contribution in [0.15, 0.2) is 24.3 Å². The fourth-order valence-electron chi connectivity index (χ4n) is 5.39.